The molecule has 1 aromatic heterocycles. The zero-order chi connectivity index (χ0) is 14.5. The fourth-order valence-corrected chi connectivity index (χ4v) is 2.65. The number of benzene rings is 1. The van der Waals surface area contributed by atoms with Crippen LogP contribution in [-0.4, -0.2) is 18.6 Å². The summed E-state index contributed by atoms with van der Waals surface area (Å²) >= 11 is 1.53. The van der Waals surface area contributed by atoms with Crippen molar-refractivity contribution >= 4 is 22.2 Å². The second kappa shape index (κ2) is 6.81. The first-order valence-corrected chi connectivity index (χ1v) is 7.59. The molecule has 0 saturated carbocycles. The third kappa shape index (κ3) is 3.77. The minimum Gasteiger partial charge on any atom is -0.318 e. The van der Waals surface area contributed by atoms with E-state index in [2.05, 4.69) is 24.1 Å². The van der Waals surface area contributed by atoms with Gasteiger partial charge in [0.15, 0.2) is 5.13 Å². The molecule has 0 atom stereocenters. The predicted octanol–water partition coefficient (Wildman–Crippen LogP) is 3.80. The Bertz CT molecular complexity index is 554. The van der Waals surface area contributed by atoms with Crippen LogP contribution in [0.4, 0.5) is 15.2 Å². The van der Waals surface area contributed by atoms with Gasteiger partial charge in [-0.05, 0) is 24.6 Å². The molecule has 0 spiro atoms. The number of nitrogens with one attached hydrogen (secondary N) is 1. The maximum atomic E-state index is 13.7. The summed E-state index contributed by atoms with van der Waals surface area (Å²) in [6, 6.07) is 6.74. The molecule has 1 N–H and O–H groups in total. The summed E-state index contributed by atoms with van der Waals surface area (Å²) in [5, 5.41) is 6.17. The number of rotatable bonds is 6. The van der Waals surface area contributed by atoms with Crippen molar-refractivity contribution in [3.05, 3.63) is 41.2 Å². The van der Waals surface area contributed by atoms with Crippen molar-refractivity contribution < 1.29 is 4.39 Å². The largest absolute Gasteiger partial charge is 0.318 e. The molecule has 0 unspecified atom stereocenters. The van der Waals surface area contributed by atoms with Gasteiger partial charge in [-0.25, -0.2) is 9.37 Å². The minimum absolute atomic E-state index is 0.232. The van der Waals surface area contributed by atoms with Crippen LogP contribution >= 0.6 is 11.3 Å². The van der Waals surface area contributed by atoms with Gasteiger partial charge in [0.1, 0.15) is 5.82 Å². The van der Waals surface area contributed by atoms with E-state index in [-0.39, 0.29) is 5.82 Å². The quantitative estimate of drug-likeness (QED) is 0.878. The first-order valence-electron chi connectivity index (χ1n) is 6.71. The van der Waals surface area contributed by atoms with E-state index in [0.29, 0.717) is 11.6 Å². The number of hydrogen-bond acceptors (Lipinski definition) is 4. The highest BCUT2D eigenvalue weighted by Crippen LogP contribution is 2.28. The number of aromatic nitrogens is 1. The summed E-state index contributed by atoms with van der Waals surface area (Å²) in [7, 11) is 1.84. The highest BCUT2D eigenvalue weighted by Gasteiger charge is 2.12. The fraction of sp³-hybridized carbons (Fsp3) is 0.400. The van der Waals surface area contributed by atoms with Crippen molar-refractivity contribution in [2.24, 2.45) is 5.92 Å². The van der Waals surface area contributed by atoms with Gasteiger partial charge in [0.25, 0.3) is 0 Å². The molecule has 0 aliphatic rings. The average molecular weight is 293 g/mol. The topological polar surface area (TPSA) is 28.2 Å². The third-order valence-corrected chi connectivity index (χ3v) is 3.86. The lowest BCUT2D eigenvalue weighted by Crippen LogP contribution is -2.19. The van der Waals surface area contributed by atoms with Crippen molar-refractivity contribution in [2.45, 2.75) is 20.4 Å². The van der Waals surface area contributed by atoms with Crippen LogP contribution < -0.4 is 10.2 Å². The van der Waals surface area contributed by atoms with Gasteiger partial charge in [0.2, 0.25) is 0 Å². The van der Waals surface area contributed by atoms with Gasteiger partial charge in [-0.15, -0.1) is 11.3 Å². The van der Waals surface area contributed by atoms with Crippen molar-refractivity contribution in [3.8, 4) is 0 Å². The zero-order valence-corrected chi connectivity index (χ0v) is 12.9. The highest BCUT2D eigenvalue weighted by atomic mass is 32.1. The van der Waals surface area contributed by atoms with Gasteiger partial charge >= 0.3 is 0 Å². The Morgan fingerprint density at radius 2 is 2.10 bits per heavy atom. The monoisotopic (exact) mass is 293 g/mol. The summed E-state index contributed by atoms with van der Waals surface area (Å²) in [4.78, 5) is 6.32. The van der Waals surface area contributed by atoms with Crippen LogP contribution in [0, 0.1) is 11.7 Å². The second-order valence-corrected chi connectivity index (χ2v) is 5.99. The van der Waals surface area contributed by atoms with Crippen molar-refractivity contribution in [2.75, 3.05) is 18.5 Å². The first-order chi connectivity index (χ1) is 9.58. The van der Waals surface area contributed by atoms with Gasteiger partial charge in [-0.1, -0.05) is 26.0 Å². The van der Waals surface area contributed by atoms with Gasteiger partial charge in [0, 0.05) is 19.0 Å². The van der Waals surface area contributed by atoms with E-state index in [1.165, 1.54) is 17.4 Å². The molecule has 2 aromatic rings. The van der Waals surface area contributed by atoms with Gasteiger partial charge in [0.05, 0.1) is 11.4 Å². The van der Waals surface area contributed by atoms with Crippen LogP contribution in [0.1, 0.15) is 19.5 Å². The van der Waals surface area contributed by atoms with Gasteiger partial charge in [-0.2, -0.15) is 0 Å². The third-order valence-electron chi connectivity index (χ3n) is 2.90. The fourth-order valence-electron chi connectivity index (χ4n) is 1.85. The lowest BCUT2D eigenvalue weighted by molar-refractivity contribution is 0.549. The number of anilines is 2. The number of para-hydroxylation sites is 1. The Balaban J connectivity index is 2.03. The van der Waals surface area contributed by atoms with Crippen LogP contribution in [-0.2, 0) is 6.54 Å². The van der Waals surface area contributed by atoms with E-state index in [4.69, 9.17) is 0 Å². The van der Waals surface area contributed by atoms with Gasteiger partial charge < -0.3 is 10.2 Å². The standard InChI is InChI=1S/C15H20FN3S/c1-11(2)8-17-9-12-10-20-15(18-12)19(3)14-7-5-4-6-13(14)16/h4-7,10-11,17H,8-9H2,1-3H3. The Labute approximate surface area is 123 Å². The molecule has 0 bridgehead atoms. The van der Waals surface area contributed by atoms with E-state index in [1.54, 1.807) is 17.0 Å². The SMILES string of the molecule is CC(C)CNCc1csc(N(C)c2ccccc2F)n1. The van der Waals surface area contributed by atoms with Crippen LogP contribution in [0.15, 0.2) is 29.6 Å². The van der Waals surface area contributed by atoms with E-state index in [0.717, 1.165) is 23.9 Å². The summed E-state index contributed by atoms with van der Waals surface area (Å²) in [5.41, 5.74) is 1.54. The Morgan fingerprint density at radius 1 is 1.35 bits per heavy atom. The van der Waals surface area contributed by atoms with Crippen molar-refractivity contribution in [1.82, 2.24) is 10.3 Å². The molecule has 3 nitrogen and oxygen atoms in total. The Morgan fingerprint density at radius 3 is 2.80 bits per heavy atom. The maximum Gasteiger partial charge on any atom is 0.189 e. The zero-order valence-electron chi connectivity index (χ0n) is 12.1. The number of halogens is 1. The van der Waals surface area contributed by atoms with Crippen LogP contribution in [0.25, 0.3) is 0 Å². The maximum absolute atomic E-state index is 13.7. The summed E-state index contributed by atoms with van der Waals surface area (Å²) < 4.78 is 13.7. The minimum atomic E-state index is -0.232. The van der Waals surface area contributed by atoms with Crippen LogP contribution in [0.5, 0.6) is 0 Å². The number of thiazole rings is 1. The summed E-state index contributed by atoms with van der Waals surface area (Å²) in [5.74, 6) is 0.388. The molecule has 0 fully saturated rings. The Hall–Kier alpha value is -1.46. The van der Waals surface area contributed by atoms with E-state index < -0.39 is 0 Å². The molecular weight excluding hydrogens is 273 g/mol. The molecule has 1 heterocycles. The lowest BCUT2D eigenvalue weighted by atomic mass is 10.2. The molecule has 2 rings (SSSR count). The van der Waals surface area contributed by atoms with E-state index >= 15 is 0 Å². The molecule has 1 aromatic carbocycles. The molecule has 0 amide bonds. The molecule has 0 aliphatic carbocycles. The first kappa shape index (κ1) is 14.9. The number of hydrogen-bond donors (Lipinski definition) is 1. The lowest BCUT2D eigenvalue weighted by Gasteiger charge is -2.16. The van der Waals surface area contributed by atoms with Crippen molar-refractivity contribution in [3.63, 3.8) is 0 Å². The van der Waals surface area contributed by atoms with Crippen molar-refractivity contribution in [1.29, 1.82) is 0 Å². The van der Waals surface area contributed by atoms with E-state index in [1.807, 2.05) is 18.5 Å². The van der Waals surface area contributed by atoms with Crippen LogP contribution in [0.2, 0.25) is 0 Å². The van der Waals surface area contributed by atoms with Crippen LogP contribution in [0.3, 0.4) is 0 Å². The smallest absolute Gasteiger partial charge is 0.189 e. The molecule has 108 valence electrons. The summed E-state index contributed by atoms with van der Waals surface area (Å²) in [6.07, 6.45) is 0. The molecule has 0 saturated heterocycles. The molecule has 20 heavy (non-hydrogen) atoms. The Kier molecular flexibility index (Phi) is 5.09. The average Bonchev–Trinajstić information content (AvgIpc) is 2.87. The summed E-state index contributed by atoms with van der Waals surface area (Å²) in [6.45, 7) is 6.06. The normalized spacial score (nSPS) is 11.1. The predicted molar refractivity (Wildman–Crippen MR) is 83.1 cm³/mol. The molecule has 0 aliphatic heterocycles. The molecular formula is C15H20FN3S. The number of nitrogens with zero attached hydrogens (tertiary/aromatic N) is 2. The highest BCUT2D eigenvalue weighted by molar-refractivity contribution is 7.13. The molecule has 5 heteroatoms. The van der Waals surface area contributed by atoms with E-state index in [9.17, 15) is 4.39 Å². The second-order valence-electron chi connectivity index (χ2n) is 5.16. The van der Waals surface area contributed by atoms with Gasteiger partial charge in [-0.3, -0.25) is 0 Å². The molecule has 0 radical (unpaired) electrons.